The molecule has 3 rings (SSSR count). The molecule has 0 spiro atoms. The molecule has 9 heteroatoms. The topological polar surface area (TPSA) is 119 Å². The highest BCUT2D eigenvalue weighted by Crippen LogP contribution is 2.28. The Bertz CT molecular complexity index is 988. The molecule has 0 atom stereocenters. The zero-order valence-electron chi connectivity index (χ0n) is 15.7. The first-order valence-corrected chi connectivity index (χ1v) is 8.93. The average Bonchev–Trinajstić information content (AvgIpc) is 3.15. The Morgan fingerprint density at radius 3 is 2.76 bits per heavy atom. The van der Waals surface area contributed by atoms with Crippen molar-refractivity contribution >= 4 is 29.5 Å². The van der Waals surface area contributed by atoms with E-state index in [9.17, 15) is 24.5 Å². The van der Waals surface area contributed by atoms with Crippen molar-refractivity contribution in [2.75, 3.05) is 25.1 Å². The van der Waals surface area contributed by atoms with Crippen LogP contribution in [0.4, 0.5) is 11.4 Å². The predicted octanol–water partition coefficient (Wildman–Crippen LogP) is 2.13. The smallest absolute Gasteiger partial charge is 0.282 e. The second-order valence-corrected chi connectivity index (χ2v) is 6.46. The monoisotopic (exact) mass is 397 g/mol. The number of benzene rings is 2. The predicted molar refractivity (Wildman–Crippen MR) is 104 cm³/mol. The molecule has 0 aliphatic carbocycles. The van der Waals surface area contributed by atoms with Gasteiger partial charge in [-0.15, -0.1) is 0 Å². The molecule has 1 heterocycles. The van der Waals surface area contributed by atoms with E-state index in [1.54, 1.807) is 23.1 Å². The molecule has 0 saturated carbocycles. The van der Waals surface area contributed by atoms with Crippen molar-refractivity contribution in [1.82, 2.24) is 5.32 Å². The van der Waals surface area contributed by atoms with Crippen LogP contribution in [0.3, 0.4) is 0 Å². The first-order valence-electron chi connectivity index (χ1n) is 8.93. The van der Waals surface area contributed by atoms with E-state index < -0.39 is 10.8 Å². The molecular formula is C20H19N3O6. The first-order chi connectivity index (χ1) is 13.9. The summed E-state index contributed by atoms with van der Waals surface area (Å²) in [5.74, 6) is -0.504. The van der Waals surface area contributed by atoms with Crippen LogP contribution in [0, 0.1) is 10.1 Å². The maximum atomic E-state index is 12.4. The molecule has 0 radical (unpaired) electrons. The van der Waals surface area contributed by atoms with E-state index in [1.165, 1.54) is 25.3 Å². The van der Waals surface area contributed by atoms with E-state index >= 15 is 0 Å². The summed E-state index contributed by atoms with van der Waals surface area (Å²) >= 11 is 0. The van der Waals surface area contributed by atoms with Crippen molar-refractivity contribution in [3.8, 4) is 5.75 Å². The number of rotatable bonds is 8. The fourth-order valence-corrected chi connectivity index (χ4v) is 3.22. The molecule has 1 aliphatic rings. The Morgan fingerprint density at radius 2 is 2.07 bits per heavy atom. The lowest BCUT2D eigenvalue weighted by molar-refractivity contribution is -0.385. The van der Waals surface area contributed by atoms with Gasteiger partial charge in [0.15, 0.2) is 5.78 Å². The van der Waals surface area contributed by atoms with E-state index in [1.807, 2.05) is 0 Å². The van der Waals surface area contributed by atoms with Gasteiger partial charge in [-0.05, 0) is 42.3 Å². The standard InChI is InChI=1S/C20H19N3O6/c1-29-15-3-5-18(23(27)28)16(11-15)20(26)21-8-6-19(25)14-2-4-17-13(10-14)7-9-22(17)12-24/h2-5,10-12H,6-9H2,1H3,(H,21,26). The molecule has 9 nitrogen and oxygen atoms in total. The zero-order valence-corrected chi connectivity index (χ0v) is 15.7. The Balaban J connectivity index is 1.63. The Labute approximate surface area is 166 Å². The van der Waals surface area contributed by atoms with Gasteiger partial charge in [0.2, 0.25) is 6.41 Å². The molecule has 0 fully saturated rings. The maximum absolute atomic E-state index is 12.4. The molecule has 2 aromatic carbocycles. The van der Waals surface area contributed by atoms with Crippen molar-refractivity contribution in [3.05, 3.63) is 63.2 Å². The van der Waals surface area contributed by atoms with Gasteiger partial charge in [0, 0.05) is 36.8 Å². The summed E-state index contributed by atoms with van der Waals surface area (Å²) in [6.45, 7) is 0.620. The van der Waals surface area contributed by atoms with Crippen molar-refractivity contribution in [1.29, 1.82) is 0 Å². The fourth-order valence-electron chi connectivity index (χ4n) is 3.22. The van der Waals surface area contributed by atoms with Gasteiger partial charge in [0.1, 0.15) is 11.3 Å². The van der Waals surface area contributed by atoms with Crippen LogP contribution < -0.4 is 15.0 Å². The molecule has 1 aliphatic heterocycles. The third kappa shape index (κ3) is 4.23. The van der Waals surface area contributed by atoms with Gasteiger partial charge in [0.25, 0.3) is 11.6 Å². The summed E-state index contributed by atoms with van der Waals surface area (Å²) in [6.07, 6.45) is 1.49. The molecule has 0 saturated heterocycles. The average molecular weight is 397 g/mol. The van der Waals surface area contributed by atoms with E-state index in [0.29, 0.717) is 24.3 Å². The molecule has 29 heavy (non-hydrogen) atoms. The second kappa shape index (κ2) is 8.51. The van der Waals surface area contributed by atoms with Crippen LogP contribution in [0.5, 0.6) is 5.75 Å². The number of fused-ring (bicyclic) bond motifs is 1. The number of nitrogens with one attached hydrogen (secondary N) is 1. The summed E-state index contributed by atoms with van der Waals surface area (Å²) in [5, 5.41) is 13.7. The summed E-state index contributed by atoms with van der Waals surface area (Å²) in [6, 6.07) is 9.04. The largest absolute Gasteiger partial charge is 0.497 e. The number of ether oxygens (including phenoxy) is 1. The van der Waals surface area contributed by atoms with Crippen LogP contribution >= 0.6 is 0 Å². The number of hydrogen-bond acceptors (Lipinski definition) is 6. The minimum Gasteiger partial charge on any atom is -0.497 e. The highest BCUT2D eigenvalue weighted by atomic mass is 16.6. The van der Waals surface area contributed by atoms with Gasteiger partial charge in [-0.1, -0.05) is 0 Å². The van der Waals surface area contributed by atoms with Crippen molar-refractivity contribution in [3.63, 3.8) is 0 Å². The maximum Gasteiger partial charge on any atom is 0.282 e. The van der Waals surface area contributed by atoms with Crippen molar-refractivity contribution in [2.24, 2.45) is 0 Å². The lowest BCUT2D eigenvalue weighted by atomic mass is 10.0. The molecule has 150 valence electrons. The Morgan fingerprint density at radius 1 is 1.28 bits per heavy atom. The van der Waals surface area contributed by atoms with E-state index in [-0.39, 0.29) is 30.0 Å². The fraction of sp³-hybridized carbons (Fsp3) is 0.250. The summed E-state index contributed by atoms with van der Waals surface area (Å²) in [4.78, 5) is 47.8. The molecular weight excluding hydrogens is 378 g/mol. The number of carbonyl (C=O) groups is 3. The van der Waals surface area contributed by atoms with Crippen LogP contribution in [-0.4, -0.2) is 43.2 Å². The molecule has 2 amide bonds. The van der Waals surface area contributed by atoms with Gasteiger partial charge >= 0.3 is 0 Å². The van der Waals surface area contributed by atoms with Crippen LogP contribution in [0.2, 0.25) is 0 Å². The normalized spacial score (nSPS) is 12.2. The second-order valence-electron chi connectivity index (χ2n) is 6.46. The van der Waals surface area contributed by atoms with Crippen LogP contribution in [0.1, 0.15) is 32.7 Å². The molecule has 1 N–H and O–H groups in total. The first kappa shape index (κ1) is 20.0. The molecule has 2 aromatic rings. The molecule has 0 unspecified atom stereocenters. The highest BCUT2D eigenvalue weighted by molar-refractivity contribution is 6.00. The molecule has 0 bridgehead atoms. The minimum atomic E-state index is -0.654. The highest BCUT2D eigenvalue weighted by Gasteiger charge is 2.22. The van der Waals surface area contributed by atoms with Crippen molar-refractivity contribution < 1.29 is 24.0 Å². The van der Waals surface area contributed by atoms with Crippen LogP contribution in [0.25, 0.3) is 0 Å². The number of methoxy groups -OCH3 is 1. The van der Waals surface area contributed by atoms with Crippen LogP contribution in [-0.2, 0) is 11.2 Å². The Kier molecular flexibility index (Phi) is 5.87. The number of carbonyl (C=O) groups excluding carboxylic acids is 3. The SMILES string of the molecule is COc1ccc([N+](=O)[O-])c(C(=O)NCCC(=O)c2ccc3c(c2)CCN3C=O)c1. The van der Waals surface area contributed by atoms with Crippen molar-refractivity contribution in [2.45, 2.75) is 12.8 Å². The van der Waals surface area contributed by atoms with E-state index in [2.05, 4.69) is 5.32 Å². The number of nitro groups is 1. The van der Waals surface area contributed by atoms with Gasteiger partial charge < -0.3 is 15.0 Å². The van der Waals surface area contributed by atoms with Gasteiger partial charge in [-0.25, -0.2) is 0 Å². The molecule has 0 aromatic heterocycles. The number of ketones is 1. The van der Waals surface area contributed by atoms with E-state index in [0.717, 1.165) is 17.7 Å². The lowest BCUT2D eigenvalue weighted by Gasteiger charge is -2.10. The Hall–Kier alpha value is -3.75. The van der Waals surface area contributed by atoms with Gasteiger partial charge in [0.05, 0.1) is 12.0 Å². The lowest BCUT2D eigenvalue weighted by Crippen LogP contribution is -2.26. The minimum absolute atomic E-state index is 0.0313. The third-order valence-corrected chi connectivity index (χ3v) is 4.74. The number of anilines is 1. The number of nitro benzene ring substituents is 1. The number of amides is 2. The summed E-state index contributed by atoms with van der Waals surface area (Å²) in [7, 11) is 1.40. The van der Waals surface area contributed by atoms with Crippen LogP contribution in [0.15, 0.2) is 36.4 Å². The number of hydrogen-bond donors (Lipinski definition) is 1. The quantitative estimate of drug-likeness (QED) is 0.315. The summed E-state index contributed by atoms with van der Waals surface area (Å²) < 4.78 is 5.01. The van der Waals surface area contributed by atoms with Gasteiger partial charge in [-0.3, -0.25) is 24.5 Å². The number of Topliss-reactive ketones (excluding diaryl/α,β-unsaturated/α-hetero) is 1. The zero-order chi connectivity index (χ0) is 21.0. The number of nitrogens with zero attached hydrogens (tertiary/aromatic N) is 2. The third-order valence-electron chi connectivity index (χ3n) is 4.74. The van der Waals surface area contributed by atoms with E-state index in [4.69, 9.17) is 4.74 Å². The van der Waals surface area contributed by atoms with Gasteiger partial charge in [-0.2, -0.15) is 0 Å². The summed E-state index contributed by atoms with van der Waals surface area (Å²) in [5.41, 5.74) is 1.76.